The Morgan fingerprint density at radius 2 is 1.71 bits per heavy atom. The molecular formula is C11H13BrOS. The molecule has 2 rings (SSSR count). The summed E-state index contributed by atoms with van der Waals surface area (Å²) >= 11 is 5.33. The quantitative estimate of drug-likeness (QED) is 0.848. The lowest BCUT2D eigenvalue weighted by atomic mass is 9.88. The van der Waals surface area contributed by atoms with Gasteiger partial charge in [0.1, 0.15) is 0 Å². The van der Waals surface area contributed by atoms with Gasteiger partial charge in [0, 0.05) is 4.47 Å². The SMILES string of the molecule is OC1(c2ccc(Br)cc2)CCSCC1. The van der Waals surface area contributed by atoms with Gasteiger partial charge in [0.25, 0.3) is 0 Å². The fourth-order valence-electron chi connectivity index (χ4n) is 1.76. The van der Waals surface area contributed by atoms with Crippen molar-refractivity contribution >= 4 is 27.7 Å². The summed E-state index contributed by atoms with van der Waals surface area (Å²) in [6.07, 6.45) is 1.75. The first kappa shape index (κ1) is 10.5. The number of hydrogen-bond acceptors (Lipinski definition) is 2. The van der Waals surface area contributed by atoms with Crippen LogP contribution >= 0.6 is 27.7 Å². The largest absolute Gasteiger partial charge is 0.385 e. The van der Waals surface area contributed by atoms with E-state index in [9.17, 15) is 5.11 Å². The summed E-state index contributed by atoms with van der Waals surface area (Å²) in [6.45, 7) is 0. The molecule has 1 heterocycles. The van der Waals surface area contributed by atoms with Gasteiger partial charge >= 0.3 is 0 Å². The summed E-state index contributed by atoms with van der Waals surface area (Å²) in [5.41, 5.74) is 0.479. The standard InChI is InChI=1S/C11H13BrOS/c12-10-3-1-9(2-4-10)11(13)5-7-14-8-6-11/h1-4,13H,5-8H2. The number of aliphatic hydroxyl groups is 1. The Bertz CT molecular complexity index is 304. The third kappa shape index (κ3) is 2.15. The highest BCUT2D eigenvalue weighted by Gasteiger charge is 2.31. The van der Waals surface area contributed by atoms with Gasteiger partial charge in [0.15, 0.2) is 0 Å². The highest BCUT2D eigenvalue weighted by Crippen LogP contribution is 2.35. The summed E-state index contributed by atoms with van der Waals surface area (Å²) in [4.78, 5) is 0. The average molecular weight is 273 g/mol. The fraction of sp³-hybridized carbons (Fsp3) is 0.455. The fourth-order valence-corrected chi connectivity index (χ4v) is 3.19. The van der Waals surface area contributed by atoms with Crippen LogP contribution in [0.15, 0.2) is 28.7 Å². The van der Waals surface area contributed by atoms with E-state index in [-0.39, 0.29) is 0 Å². The van der Waals surface area contributed by atoms with Crippen LogP contribution in [0.1, 0.15) is 18.4 Å². The Morgan fingerprint density at radius 3 is 2.29 bits per heavy atom. The number of benzene rings is 1. The lowest BCUT2D eigenvalue weighted by molar-refractivity contribution is 0.0281. The van der Waals surface area contributed by atoms with Crippen molar-refractivity contribution in [2.24, 2.45) is 0 Å². The highest BCUT2D eigenvalue weighted by molar-refractivity contribution is 9.10. The number of rotatable bonds is 1. The molecule has 0 saturated carbocycles. The topological polar surface area (TPSA) is 20.2 Å². The molecule has 0 unspecified atom stereocenters. The second kappa shape index (κ2) is 4.25. The van der Waals surface area contributed by atoms with Crippen molar-refractivity contribution in [3.05, 3.63) is 34.3 Å². The van der Waals surface area contributed by atoms with Crippen molar-refractivity contribution in [3.8, 4) is 0 Å². The monoisotopic (exact) mass is 272 g/mol. The molecule has 1 fully saturated rings. The first-order valence-corrected chi connectivity index (χ1v) is 6.72. The second-order valence-corrected chi connectivity index (χ2v) is 5.79. The first-order valence-electron chi connectivity index (χ1n) is 4.77. The first-order chi connectivity index (χ1) is 6.71. The summed E-state index contributed by atoms with van der Waals surface area (Å²) in [5, 5.41) is 10.4. The van der Waals surface area contributed by atoms with Gasteiger partial charge in [-0.3, -0.25) is 0 Å². The van der Waals surface area contributed by atoms with Crippen LogP contribution < -0.4 is 0 Å². The molecule has 1 aliphatic rings. The van der Waals surface area contributed by atoms with Crippen LogP contribution in [0.4, 0.5) is 0 Å². The van der Waals surface area contributed by atoms with Crippen LogP contribution in [0.5, 0.6) is 0 Å². The molecule has 0 amide bonds. The molecule has 1 aliphatic heterocycles. The summed E-state index contributed by atoms with van der Waals surface area (Å²) in [7, 11) is 0. The molecular weight excluding hydrogens is 260 g/mol. The Balaban J connectivity index is 2.23. The highest BCUT2D eigenvalue weighted by atomic mass is 79.9. The van der Waals surface area contributed by atoms with E-state index in [0.29, 0.717) is 0 Å². The predicted octanol–water partition coefficient (Wildman–Crippen LogP) is 3.16. The molecule has 1 aromatic carbocycles. The molecule has 1 aromatic rings. The van der Waals surface area contributed by atoms with Gasteiger partial charge < -0.3 is 5.11 Å². The minimum atomic E-state index is -0.577. The van der Waals surface area contributed by atoms with Crippen LogP contribution in [-0.4, -0.2) is 16.6 Å². The van der Waals surface area contributed by atoms with Crippen molar-refractivity contribution in [1.82, 2.24) is 0 Å². The smallest absolute Gasteiger partial charge is 0.0912 e. The Morgan fingerprint density at radius 1 is 1.14 bits per heavy atom. The van der Waals surface area contributed by atoms with E-state index in [1.54, 1.807) is 0 Å². The van der Waals surface area contributed by atoms with Crippen LogP contribution in [0.25, 0.3) is 0 Å². The van der Waals surface area contributed by atoms with Crippen LogP contribution in [0.2, 0.25) is 0 Å². The number of hydrogen-bond donors (Lipinski definition) is 1. The van der Waals surface area contributed by atoms with Gasteiger partial charge in [0.2, 0.25) is 0 Å². The minimum Gasteiger partial charge on any atom is -0.385 e. The molecule has 3 heteroatoms. The molecule has 0 bridgehead atoms. The molecule has 76 valence electrons. The van der Waals surface area contributed by atoms with E-state index in [1.807, 2.05) is 36.0 Å². The zero-order valence-corrected chi connectivity index (χ0v) is 10.3. The van der Waals surface area contributed by atoms with Crippen molar-refractivity contribution in [2.75, 3.05) is 11.5 Å². The van der Waals surface area contributed by atoms with E-state index in [2.05, 4.69) is 15.9 Å². The summed E-state index contributed by atoms with van der Waals surface area (Å²) in [6, 6.07) is 8.02. The average Bonchev–Trinajstić information content (AvgIpc) is 2.19. The van der Waals surface area contributed by atoms with Crippen LogP contribution in [0, 0.1) is 0 Å². The van der Waals surface area contributed by atoms with E-state index in [0.717, 1.165) is 34.4 Å². The molecule has 14 heavy (non-hydrogen) atoms. The van der Waals surface area contributed by atoms with E-state index in [1.165, 1.54) is 0 Å². The number of halogens is 1. The summed E-state index contributed by atoms with van der Waals surface area (Å²) in [5.74, 6) is 2.12. The van der Waals surface area contributed by atoms with E-state index >= 15 is 0 Å². The zero-order chi connectivity index (χ0) is 10.0. The third-order valence-corrected chi connectivity index (χ3v) is 4.22. The molecule has 0 radical (unpaired) electrons. The molecule has 0 spiro atoms. The minimum absolute atomic E-state index is 0.577. The third-order valence-electron chi connectivity index (χ3n) is 2.70. The summed E-state index contributed by atoms with van der Waals surface area (Å²) < 4.78 is 1.06. The normalized spacial score (nSPS) is 20.7. The predicted molar refractivity (Wildman–Crippen MR) is 64.6 cm³/mol. The number of thioether (sulfide) groups is 1. The molecule has 1 nitrogen and oxygen atoms in total. The molecule has 0 aromatic heterocycles. The maximum atomic E-state index is 10.4. The molecule has 0 atom stereocenters. The Labute approximate surface area is 97.0 Å². The van der Waals surface area contributed by atoms with E-state index < -0.39 is 5.60 Å². The van der Waals surface area contributed by atoms with Crippen molar-refractivity contribution in [1.29, 1.82) is 0 Å². The van der Waals surface area contributed by atoms with Crippen molar-refractivity contribution in [2.45, 2.75) is 18.4 Å². The molecule has 1 N–H and O–H groups in total. The van der Waals surface area contributed by atoms with Crippen LogP contribution in [0.3, 0.4) is 0 Å². The van der Waals surface area contributed by atoms with Gasteiger partial charge in [-0.25, -0.2) is 0 Å². The van der Waals surface area contributed by atoms with Gasteiger partial charge in [-0.15, -0.1) is 0 Å². The van der Waals surface area contributed by atoms with Gasteiger partial charge in [-0.1, -0.05) is 28.1 Å². The van der Waals surface area contributed by atoms with Gasteiger partial charge in [-0.2, -0.15) is 11.8 Å². The van der Waals surface area contributed by atoms with Gasteiger partial charge in [-0.05, 0) is 42.0 Å². The van der Waals surface area contributed by atoms with Crippen LogP contribution in [-0.2, 0) is 5.60 Å². The molecule has 1 saturated heterocycles. The zero-order valence-electron chi connectivity index (χ0n) is 7.87. The van der Waals surface area contributed by atoms with Gasteiger partial charge in [0.05, 0.1) is 5.60 Å². The van der Waals surface area contributed by atoms with Crippen molar-refractivity contribution < 1.29 is 5.11 Å². The maximum absolute atomic E-state index is 10.4. The maximum Gasteiger partial charge on any atom is 0.0912 e. The van der Waals surface area contributed by atoms with E-state index in [4.69, 9.17) is 0 Å². The molecule has 0 aliphatic carbocycles. The van der Waals surface area contributed by atoms with Crippen molar-refractivity contribution in [3.63, 3.8) is 0 Å². The lowest BCUT2D eigenvalue weighted by Gasteiger charge is -2.32. The lowest BCUT2D eigenvalue weighted by Crippen LogP contribution is -2.30. The second-order valence-electron chi connectivity index (χ2n) is 3.65. The Hall–Kier alpha value is 0.01000. The Kier molecular flexibility index (Phi) is 3.20.